The molecule has 140 valence electrons. The van der Waals surface area contributed by atoms with E-state index >= 15 is 0 Å². The van der Waals surface area contributed by atoms with Gasteiger partial charge in [0.25, 0.3) is 0 Å². The van der Waals surface area contributed by atoms with Crippen molar-refractivity contribution in [2.24, 2.45) is 0 Å². The van der Waals surface area contributed by atoms with Gasteiger partial charge in [0, 0.05) is 17.5 Å². The van der Waals surface area contributed by atoms with Crippen molar-refractivity contribution in [3.8, 4) is 0 Å². The number of aryl methyl sites for hydroxylation is 1. The average Bonchev–Trinajstić information content (AvgIpc) is 3.26. The van der Waals surface area contributed by atoms with Crippen LogP contribution < -0.4 is 5.32 Å². The van der Waals surface area contributed by atoms with E-state index in [9.17, 15) is 9.59 Å². The van der Waals surface area contributed by atoms with Gasteiger partial charge in [-0.2, -0.15) is 0 Å². The third-order valence-electron chi connectivity index (χ3n) is 4.51. The number of thioether (sulfide) groups is 1. The molecule has 2 unspecified atom stereocenters. The Morgan fingerprint density at radius 3 is 3.04 bits per heavy atom. The third-order valence-corrected chi connectivity index (χ3v) is 6.63. The molecule has 1 aliphatic rings. The summed E-state index contributed by atoms with van der Waals surface area (Å²) in [5, 5.41) is 8.22. The first kappa shape index (κ1) is 19.0. The number of nitrogens with zero attached hydrogens (tertiary/aromatic N) is 2. The zero-order valence-corrected chi connectivity index (χ0v) is 16.8. The first-order valence-corrected chi connectivity index (χ1v) is 10.6. The number of fused-ring (bicyclic) bond motifs is 1. The van der Waals surface area contributed by atoms with Gasteiger partial charge in [0.05, 0.1) is 17.0 Å². The van der Waals surface area contributed by atoms with Crippen LogP contribution in [0, 0.1) is 6.92 Å². The van der Waals surface area contributed by atoms with Crippen molar-refractivity contribution >= 4 is 40.7 Å². The van der Waals surface area contributed by atoms with Crippen molar-refractivity contribution in [1.29, 1.82) is 0 Å². The van der Waals surface area contributed by atoms with E-state index in [0.717, 1.165) is 19.4 Å². The maximum absolute atomic E-state index is 12.7. The minimum atomic E-state index is -0.350. The maximum Gasteiger partial charge on any atom is 0.238 e. The fourth-order valence-electron chi connectivity index (χ4n) is 3.14. The Labute approximate surface area is 161 Å². The second kappa shape index (κ2) is 8.26. The highest BCUT2D eigenvalue weighted by Crippen LogP contribution is 2.35. The van der Waals surface area contributed by atoms with Gasteiger partial charge in [-0.15, -0.1) is 23.1 Å². The van der Waals surface area contributed by atoms with E-state index in [0.29, 0.717) is 17.3 Å². The number of carbonyl (C=O) groups excluding carboxylic acids is 2. The minimum Gasteiger partial charge on any atom is -0.360 e. The largest absolute Gasteiger partial charge is 0.360 e. The van der Waals surface area contributed by atoms with Crippen LogP contribution >= 0.6 is 23.1 Å². The van der Waals surface area contributed by atoms with Crippen LogP contribution in [0.2, 0.25) is 0 Å². The number of nitrogens with one attached hydrogen (secondary N) is 1. The van der Waals surface area contributed by atoms with Crippen molar-refractivity contribution in [2.45, 2.75) is 44.9 Å². The van der Waals surface area contributed by atoms with Gasteiger partial charge in [-0.3, -0.25) is 9.59 Å². The number of rotatable bonds is 6. The molecule has 0 saturated carbocycles. The normalized spacial score (nSPS) is 17.7. The zero-order valence-electron chi connectivity index (χ0n) is 15.2. The number of hydrogen-bond donors (Lipinski definition) is 1. The Morgan fingerprint density at radius 1 is 1.54 bits per heavy atom. The molecule has 1 aliphatic heterocycles. The predicted molar refractivity (Wildman–Crippen MR) is 105 cm³/mol. The summed E-state index contributed by atoms with van der Waals surface area (Å²) in [7, 11) is 0. The standard InChI is InChI=1S/C18H23N3O3S2/c1-4-14-13-6-8-25-15(13)5-7-21(14)17(22)10-26-12(3)18(23)19-16-9-11(2)24-20-16/h6,8-9,12,14H,4-5,7,10H2,1-3H3,(H,19,20,23). The van der Waals surface area contributed by atoms with Crippen LogP contribution in [0.4, 0.5) is 5.82 Å². The van der Waals surface area contributed by atoms with Crippen LogP contribution in [-0.4, -0.2) is 39.4 Å². The van der Waals surface area contributed by atoms with Gasteiger partial charge >= 0.3 is 0 Å². The van der Waals surface area contributed by atoms with Gasteiger partial charge < -0.3 is 14.7 Å². The van der Waals surface area contributed by atoms with E-state index in [1.807, 2.05) is 4.90 Å². The van der Waals surface area contributed by atoms with E-state index in [-0.39, 0.29) is 23.1 Å². The second-order valence-corrected chi connectivity index (χ2v) is 8.66. The molecule has 2 atom stereocenters. The SMILES string of the molecule is CCC1c2ccsc2CCN1C(=O)CSC(C)C(=O)Nc1cc(C)on1. The van der Waals surface area contributed by atoms with Crippen molar-refractivity contribution in [3.63, 3.8) is 0 Å². The third kappa shape index (κ3) is 4.12. The summed E-state index contributed by atoms with van der Waals surface area (Å²) in [6.07, 6.45) is 1.82. The molecule has 3 heterocycles. The Kier molecular flexibility index (Phi) is 6.03. The van der Waals surface area contributed by atoms with Gasteiger partial charge in [-0.1, -0.05) is 12.1 Å². The lowest BCUT2D eigenvalue weighted by atomic mass is 9.98. The lowest BCUT2D eigenvalue weighted by Gasteiger charge is -2.35. The van der Waals surface area contributed by atoms with Crippen LogP contribution in [0.5, 0.6) is 0 Å². The Bertz CT molecular complexity index is 786. The van der Waals surface area contributed by atoms with Gasteiger partial charge in [0.15, 0.2) is 5.82 Å². The van der Waals surface area contributed by atoms with Crippen molar-refractivity contribution < 1.29 is 14.1 Å². The summed E-state index contributed by atoms with van der Waals surface area (Å²) in [5.74, 6) is 1.25. The molecule has 3 rings (SSSR count). The number of amides is 2. The first-order valence-electron chi connectivity index (χ1n) is 8.71. The summed E-state index contributed by atoms with van der Waals surface area (Å²) in [4.78, 5) is 28.3. The molecule has 0 radical (unpaired) electrons. The summed E-state index contributed by atoms with van der Waals surface area (Å²) in [6, 6.07) is 3.95. The molecule has 2 aromatic heterocycles. The smallest absolute Gasteiger partial charge is 0.238 e. The highest BCUT2D eigenvalue weighted by atomic mass is 32.2. The molecule has 0 aliphatic carbocycles. The molecular weight excluding hydrogens is 370 g/mol. The van der Waals surface area contributed by atoms with E-state index in [2.05, 4.69) is 28.8 Å². The van der Waals surface area contributed by atoms with Gasteiger partial charge in [0.1, 0.15) is 5.76 Å². The number of aromatic nitrogens is 1. The van der Waals surface area contributed by atoms with E-state index in [1.165, 1.54) is 22.2 Å². The molecule has 1 N–H and O–H groups in total. The fraction of sp³-hybridized carbons (Fsp3) is 0.500. The molecule has 0 spiro atoms. The quantitative estimate of drug-likeness (QED) is 0.811. The van der Waals surface area contributed by atoms with Gasteiger partial charge in [-0.05, 0) is 43.7 Å². The van der Waals surface area contributed by atoms with Crippen LogP contribution in [0.1, 0.15) is 42.5 Å². The van der Waals surface area contributed by atoms with E-state index in [4.69, 9.17) is 4.52 Å². The summed E-state index contributed by atoms with van der Waals surface area (Å²) in [6.45, 7) is 6.43. The topological polar surface area (TPSA) is 75.4 Å². The number of thiophene rings is 1. The molecule has 0 bridgehead atoms. The van der Waals surface area contributed by atoms with Crippen LogP contribution in [0.25, 0.3) is 0 Å². The molecule has 0 fully saturated rings. The number of hydrogen-bond acceptors (Lipinski definition) is 6. The molecule has 26 heavy (non-hydrogen) atoms. The lowest BCUT2D eigenvalue weighted by Crippen LogP contribution is -2.40. The van der Waals surface area contributed by atoms with Crippen molar-refractivity contribution in [2.75, 3.05) is 17.6 Å². The molecule has 8 heteroatoms. The van der Waals surface area contributed by atoms with Gasteiger partial charge in [-0.25, -0.2) is 0 Å². The van der Waals surface area contributed by atoms with Crippen molar-refractivity contribution in [1.82, 2.24) is 10.1 Å². The minimum absolute atomic E-state index is 0.0932. The lowest BCUT2D eigenvalue weighted by molar-refractivity contribution is -0.131. The molecule has 0 saturated heterocycles. The molecule has 2 amide bonds. The van der Waals surface area contributed by atoms with E-state index in [1.54, 1.807) is 31.3 Å². The molecule has 2 aromatic rings. The molecular formula is C18H23N3O3S2. The monoisotopic (exact) mass is 393 g/mol. The average molecular weight is 394 g/mol. The maximum atomic E-state index is 12.7. The van der Waals surface area contributed by atoms with Gasteiger partial charge in [0.2, 0.25) is 11.8 Å². The fourth-order valence-corrected chi connectivity index (χ4v) is 4.84. The van der Waals surface area contributed by atoms with Crippen LogP contribution in [-0.2, 0) is 16.0 Å². The molecule has 6 nitrogen and oxygen atoms in total. The highest BCUT2D eigenvalue weighted by molar-refractivity contribution is 8.01. The number of anilines is 1. The second-order valence-electron chi connectivity index (χ2n) is 6.33. The summed E-state index contributed by atoms with van der Waals surface area (Å²) in [5.41, 5.74) is 1.29. The highest BCUT2D eigenvalue weighted by Gasteiger charge is 2.30. The Balaban J connectivity index is 1.54. The van der Waals surface area contributed by atoms with Crippen LogP contribution in [0.15, 0.2) is 22.0 Å². The Hall–Kier alpha value is -1.80. The summed E-state index contributed by atoms with van der Waals surface area (Å²) >= 11 is 3.12. The summed E-state index contributed by atoms with van der Waals surface area (Å²) < 4.78 is 4.94. The number of carbonyl (C=O) groups is 2. The first-order chi connectivity index (χ1) is 12.5. The molecule has 0 aromatic carbocycles. The van der Waals surface area contributed by atoms with Crippen molar-refractivity contribution in [3.05, 3.63) is 33.7 Å². The van der Waals surface area contributed by atoms with E-state index < -0.39 is 0 Å². The Morgan fingerprint density at radius 2 is 2.35 bits per heavy atom. The predicted octanol–water partition coefficient (Wildman–Crippen LogP) is 3.64. The zero-order chi connectivity index (χ0) is 18.7. The van der Waals surface area contributed by atoms with Crippen LogP contribution in [0.3, 0.4) is 0 Å².